The van der Waals surface area contributed by atoms with Gasteiger partial charge in [0.25, 0.3) is 11.1 Å². The van der Waals surface area contributed by atoms with Crippen LogP contribution in [0.2, 0.25) is 5.02 Å². The topological polar surface area (TPSA) is 71.4 Å². The van der Waals surface area contributed by atoms with Crippen LogP contribution in [0.25, 0.3) is 17.0 Å². The maximum absolute atomic E-state index is 13.0. The molecule has 2 aliphatic rings. The highest BCUT2D eigenvalue weighted by Crippen LogP contribution is 2.35. The zero-order chi connectivity index (χ0) is 22.2. The average molecular weight is 466 g/mol. The number of hydrogen-bond acceptors (Lipinski definition) is 4. The molecule has 3 aromatic rings. The molecule has 1 aliphatic carbocycles. The van der Waals surface area contributed by atoms with Crippen LogP contribution in [0.1, 0.15) is 24.0 Å². The Balaban J connectivity index is 1.40. The number of thioether (sulfide) groups is 1. The summed E-state index contributed by atoms with van der Waals surface area (Å²) >= 11 is 6.85. The second kappa shape index (κ2) is 8.48. The Hall–Kier alpha value is -3.03. The van der Waals surface area contributed by atoms with Crippen molar-refractivity contribution in [3.8, 4) is 0 Å². The quantitative estimate of drug-likeness (QED) is 0.530. The van der Waals surface area contributed by atoms with Gasteiger partial charge in [-0.1, -0.05) is 41.9 Å². The van der Waals surface area contributed by atoms with Crippen molar-refractivity contribution in [3.63, 3.8) is 0 Å². The van der Waals surface area contributed by atoms with Crippen molar-refractivity contribution in [1.29, 1.82) is 0 Å². The van der Waals surface area contributed by atoms with Crippen molar-refractivity contribution in [2.45, 2.75) is 32.0 Å². The van der Waals surface area contributed by atoms with Gasteiger partial charge < -0.3 is 9.88 Å². The van der Waals surface area contributed by atoms with Crippen LogP contribution in [0.3, 0.4) is 0 Å². The third kappa shape index (κ3) is 4.31. The number of nitrogens with one attached hydrogen (secondary N) is 1. The Morgan fingerprint density at radius 2 is 1.88 bits per heavy atom. The molecule has 1 aromatic heterocycles. The number of aromatic nitrogens is 1. The first-order valence-corrected chi connectivity index (χ1v) is 11.5. The summed E-state index contributed by atoms with van der Waals surface area (Å²) in [5, 5.41) is 4.23. The fourth-order valence-corrected chi connectivity index (χ4v) is 4.68. The lowest BCUT2D eigenvalue weighted by Gasteiger charge is -2.12. The highest BCUT2D eigenvalue weighted by atomic mass is 35.5. The standard InChI is InChI=1S/C24H20ClN3O3S/c25-17-7-5-15(6-8-17)12-28-23(30)21(32-24(28)31)11-16-13-27(14-22(29)26-18-9-10-18)20-4-2-1-3-19(16)20/h1-8,11,13,18H,9-10,12,14H2,(H,26,29)/b21-11-. The Morgan fingerprint density at radius 1 is 1.12 bits per heavy atom. The van der Waals surface area contributed by atoms with Gasteiger partial charge in [0, 0.05) is 33.7 Å². The summed E-state index contributed by atoms with van der Waals surface area (Å²) in [5.74, 6) is -0.346. The molecule has 0 spiro atoms. The Kier molecular flexibility index (Phi) is 5.53. The molecule has 162 valence electrons. The molecule has 2 fully saturated rings. The van der Waals surface area contributed by atoms with E-state index in [4.69, 9.17) is 11.6 Å². The summed E-state index contributed by atoms with van der Waals surface area (Å²) in [7, 11) is 0. The first-order valence-electron chi connectivity index (χ1n) is 10.3. The molecule has 2 aromatic carbocycles. The summed E-state index contributed by atoms with van der Waals surface area (Å²) < 4.78 is 1.89. The summed E-state index contributed by atoms with van der Waals surface area (Å²) in [6.07, 6.45) is 5.68. The van der Waals surface area contributed by atoms with E-state index in [0.717, 1.165) is 46.6 Å². The predicted molar refractivity (Wildman–Crippen MR) is 126 cm³/mol. The molecule has 1 saturated carbocycles. The van der Waals surface area contributed by atoms with Gasteiger partial charge in [-0.05, 0) is 54.4 Å². The van der Waals surface area contributed by atoms with Gasteiger partial charge in [-0.2, -0.15) is 0 Å². The van der Waals surface area contributed by atoms with Crippen molar-refractivity contribution in [1.82, 2.24) is 14.8 Å². The van der Waals surface area contributed by atoms with E-state index in [1.807, 2.05) is 35.0 Å². The molecule has 0 bridgehead atoms. The van der Waals surface area contributed by atoms with E-state index in [2.05, 4.69) is 5.32 Å². The van der Waals surface area contributed by atoms with Gasteiger partial charge in [-0.3, -0.25) is 19.3 Å². The number of nitrogens with zero attached hydrogens (tertiary/aromatic N) is 2. The van der Waals surface area contributed by atoms with Gasteiger partial charge in [0.05, 0.1) is 11.4 Å². The van der Waals surface area contributed by atoms with Crippen LogP contribution in [0.5, 0.6) is 0 Å². The number of amides is 3. The molecule has 1 aliphatic heterocycles. The van der Waals surface area contributed by atoms with E-state index in [-0.39, 0.29) is 30.1 Å². The number of imide groups is 1. The van der Waals surface area contributed by atoms with Gasteiger partial charge in [-0.25, -0.2) is 0 Å². The second-order valence-electron chi connectivity index (χ2n) is 7.97. The minimum Gasteiger partial charge on any atom is -0.352 e. The number of rotatable bonds is 6. The molecule has 2 heterocycles. The molecular weight excluding hydrogens is 446 g/mol. The summed E-state index contributed by atoms with van der Waals surface area (Å²) in [6.45, 7) is 0.408. The van der Waals surface area contributed by atoms with Crippen LogP contribution >= 0.6 is 23.4 Å². The number of benzene rings is 2. The van der Waals surface area contributed by atoms with E-state index in [0.29, 0.717) is 16.0 Å². The molecule has 3 amide bonds. The van der Waals surface area contributed by atoms with Crippen molar-refractivity contribution in [2.24, 2.45) is 0 Å². The van der Waals surface area contributed by atoms with Crippen LogP contribution in [-0.2, 0) is 22.7 Å². The molecule has 0 unspecified atom stereocenters. The smallest absolute Gasteiger partial charge is 0.293 e. The van der Waals surface area contributed by atoms with E-state index >= 15 is 0 Å². The molecule has 0 atom stereocenters. The molecule has 1 N–H and O–H groups in total. The molecule has 32 heavy (non-hydrogen) atoms. The van der Waals surface area contributed by atoms with Gasteiger partial charge in [-0.15, -0.1) is 0 Å². The Morgan fingerprint density at radius 3 is 2.62 bits per heavy atom. The predicted octanol–water partition coefficient (Wildman–Crippen LogP) is 4.81. The van der Waals surface area contributed by atoms with E-state index in [9.17, 15) is 14.4 Å². The minimum absolute atomic E-state index is 0.0249. The van der Waals surface area contributed by atoms with Crippen molar-refractivity contribution < 1.29 is 14.4 Å². The van der Waals surface area contributed by atoms with Crippen molar-refractivity contribution in [3.05, 3.63) is 75.8 Å². The third-order valence-corrected chi connectivity index (χ3v) is 6.65. The SMILES string of the molecule is O=C(Cn1cc(/C=C2\SC(=O)N(Cc3ccc(Cl)cc3)C2=O)c2ccccc21)NC1CC1. The lowest BCUT2D eigenvalue weighted by atomic mass is 10.1. The number of hydrogen-bond donors (Lipinski definition) is 1. The van der Waals surface area contributed by atoms with Gasteiger partial charge >= 0.3 is 0 Å². The monoisotopic (exact) mass is 465 g/mol. The van der Waals surface area contributed by atoms with Gasteiger partial charge in [0.2, 0.25) is 5.91 Å². The number of fused-ring (bicyclic) bond motifs is 1. The fourth-order valence-electron chi connectivity index (χ4n) is 3.73. The van der Waals surface area contributed by atoms with Gasteiger partial charge in [0.15, 0.2) is 0 Å². The minimum atomic E-state index is -0.321. The van der Waals surface area contributed by atoms with Crippen LogP contribution in [0, 0.1) is 0 Å². The maximum Gasteiger partial charge on any atom is 0.293 e. The third-order valence-electron chi connectivity index (χ3n) is 5.49. The highest BCUT2D eigenvalue weighted by Gasteiger charge is 2.35. The molecule has 6 nitrogen and oxygen atoms in total. The van der Waals surface area contributed by atoms with Crippen LogP contribution in [-0.4, -0.2) is 32.6 Å². The summed E-state index contributed by atoms with van der Waals surface area (Å²) in [4.78, 5) is 39.4. The fraction of sp³-hybridized carbons (Fsp3) is 0.208. The normalized spacial score (nSPS) is 17.5. The number of carbonyl (C=O) groups is 3. The van der Waals surface area contributed by atoms with Gasteiger partial charge in [0.1, 0.15) is 6.54 Å². The van der Waals surface area contributed by atoms with Crippen molar-refractivity contribution in [2.75, 3.05) is 0 Å². The first kappa shape index (κ1) is 20.8. The molecule has 0 radical (unpaired) electrons. The summed E-state index contributed by atoms with van der Waals surface area (Å²) in [5.41, 5.74) is 2.54. The average Bonchev–Trinajstić information content (AvgIpc) is 3.48. The van der Waals surface area contributed by atoms with Crippen LogP contribution in [0.4, 0.5) is 4.79 Å². The molecule has 1 saturated heterocycles. The van der Waals surface area contributed by atoms with Crippen molar-refractivity contribution >= 4 is 57.4 Å². The molecule has 5 rings (SSSR count). The Bertz CT molecular complexity index is 1260. The van der Waals surface area contributed by atoms with Crippen LogP contribution in [0.15, 0.2) is 59.6 Å². The second-order valence-corrected chi connectivity index (χ2v) is 9.40. The highest BCUT2D eigenvalue weighted by molar-refractivity contribution is 8.18. The maximum atomic E-state index is 13.0. The number of carbonyl (C=O) groups excluding carboxylic acids is 3. The number of para-hydroxylation sites is 1. The lowest BCUT2D eigenvalue weighted by Crippen LogP contribution is -2.29. The van der Waals surface area contributed by atoms with E-state index < -0.39 is 0 Å². The number of halogens is 1. The first-order chi connectivity index (χ1) is 15.5. The Labute approximate surface area is 194 Å². The molecular formula is C24H20ClN3O3S. The van der Waals surface area contributed by atoms with Crippen LogP contribution < -0.4 is 5.32 Å². The van der Waals surface area contributed by atoms with E-state index in [1.165, 1.54) is 4.90 Å². The van der Waals surface area contributed by atoms with E-state index in [1.54, 1.807) is 30.3 Å². The zero-order valence-electron chi connectivity index (χ0n) is 17.1. The molecule has 8 heteroatoms. The largest absolute Gasteiger partial charge is 0.352 e. The summed E-state index contributed by atoms with van der Waals surface area (Å²) in [6, 6.07) is 15.1. The lowest BCUT2D eigenvalue weighted by molar-refractivity contribution is -0.123. The zero-order valence-corrected chi connectivity index (χ0v) is 18.7.